The lowest BCUT2D eigenvalue weighted by Crippen LogP contribution is -2.53. The van der Waals surface area contributed by atoms with E-state index in [1.807, 2.05) is 0 Å². The molecule has 0 aliphatic heterocycles. The molecule has 4 bridgehead atoms. The highest BCUT2D eigenvalue weighted by molar-refractivity contribution is 5.05. The predicted molar refractivity (Wildman–Crippen MR) is 84.3 cm³/mol. The Kier molecular flexibility index (Phi) is 3.41. The molecular formula is C19H33N. The summed E-state index contributed by atoms with van der Waals surface area (Å²) in [6.45, 7) is 3.39. The first-order valence-corrected chi connectivity index (χ1v) is 9.40. The summed E-state index contributed by atoms with van der Waals surface area (Å²) in [6.07, 6.45) is 15.2. The molecule has 1 heteroatoms. The molecule has 0 atom stereocenters. The molecule has 5 aliphatic rings. The van der Waals surface area contributed by atoms with Crippen molar-refractivity contribution in [3.63, 3.8) is 0 Å². The van der Waals surface area contributed by atoms with Gasteiger partial charge in [0, 0.05) is 0 Å². The van der Waals surface area contributed by atoms with Gasteiger partial charge in [-0.3, -0.25) is 0 Å². The Labute approximate surface area is 125 Å². The van der Waals surface area contributed by atoms with Crippen LogP contribution < -0.4 is 5.73 Å². The van der Waals surface area contributed by atoms with Crippen LogP contribution in [0.1, 0.15) is 71.1 Å². The predicted octanol–water partition coefficient (Wildman–Crippen LogP) is 4.60. The standard InChI is InChI=1S/C19H33N/c1-13-2-4-19(5-3-13,6-7-20)18-16-9-14-8-15(11-16)12-17(18)10-14/h13-18H,2-12,20H2,1H3. The summed E-state index contributed by atoms with van der Waals surface area (Å²) in [6, 6.07) is 0. The maximum atomic E-state index is 6.07. The molecule has 0 unspecified atom stereocenters. The van der Waals surface area contributed by atoms with E-state index in [2.05, 4.69) is 6.92 Å². The molecule has 5 rings (SSSR count). The highest BCUT2D eigenvalue weighted by atomic mass is 14.6. The molecule has 0 aromatic carbocycles. The maximum absolute atomic E-state index is 6.07. The van der Waals surface area contributed by atoms with Crippen LogP contribution in [-0.4, -0.2) is 6.54 Å². The van der Waals surface area contributed by atoms with Gasteiger partial charge in [-0.05, 0) is 98.8 Å². The quantitative estimate of drug-likeness (QED) is 0.800. The highest BCUT2D eigenvalue weighted by Gasteiger charge is 2.55. The minimum atomic E-state index is 0.657. The summed E-state index contributed by atoms with van der Waals surface area (Å²) in [7, 11) is 0. The molecule has 0 saturated heterocycles. The number of rotatable bonds is 3. The van der Waals surface area contributed by atoms with Gasteiger partial charge >= 0.3 is 0 Å². The van der Waals surface area contributed by atoms with Crippen LogP contribution in [0.15, 0.2) is 0 Å². The van der Waals surface area contributed by atoms with Gasteiger partial charge in [0.05, 0.1) is 0 Å². The Morgan fingerprint density at radius 2 is 1.45 bits per heavy atom. The summed E-state index contributed by atoms with van der Waals surface area (Å²) < 4.78 is 0. The molecule has 0 aromatic rings. The van der Waals surface area contributed by atoms with E-state index in [1.54, 1.807) is 32.1 Å². The first kappa shape index (κ1) is 13.6. The minimum absolute atomic E-state index is 0.657. The molecule has 0 heterocycles. The molecule has 0 radical (unpaired) electrons. The molecule has 0 amide bonds. The zero-order chi connectivity index (χ0) is 13.7. The van der Waals surface area contributed by atoms with Crippen molar-refractivity contribution < 1.29 is 0 Å². The van der Waals surface area contributed by atoms with Crippen LogP contribution in [0.3, 0.4) is 0 Å². The maximum Gasteiger partial charge on any atom is -0.00719 e. The molecule has 0 spiro atoms. The number of nitrogens with two attached hydrogens (primary N) is 1. The van der Waals surface area contributed by atoms with Crippen molar-refractivity contribution in [2.45, 2.75) is 71.1 Å². The van der Waals surface area contributed by atoms with Gasteiger partial charge in [0.1, 0.15) is 0 Å². The first-order valence-electron chi connectivity index (χ1n) is 9.40. The van der Waals surface area contributed by atoms with Crippen molar-refractivity contribution >= 4 is 0 Å². The third-order valence-corrected chi connectivity index (χ3v) is 7.85. The zero-order valence-corrected chi connectivity index (χ0v) is 13.3. The lowest BCUT2D eigenvalue weighted by Gasteiger charge is -2.61. The van der Waals surface area contributed by atoms with Crippen molar-refractivity contribution in [1.29, 1.82) is 0 Å². The Morgan fingerprint density at radius 3 is 1.95 bits per heavy atom. The van der Waals surface area contributed by atoms with Crippen molar-refractivity contribution in [3.05, 3.63) is 0 Å². The van der Waals surface area contributed by atoms with E-state index in [-0.39, 0.29) is 0 Å². The van der Waals surface area contributed by atoms with E-state index < -0.39 is 0 Å². The third-order valence-electron chi connectivity index (χ3n) is 7.85. The van der Waals surface area contributed by atoms with Crippen molar-refractivity contribution in [2.24, 2.45) is 46.7 Å². The average Bonchev–Trinajstić information content (AvgIpc) is 2.41. The first-order chi connectivity index (χ1) is 9.70. The van der Waals surface area contributed by atoms with Gasteiger partial charge in [0.15, 0.2) is 0 Å². The number of hydrogen-bond acceptors (Lipinski definition) is 1. The van der Waals surface area contributed by atoms with Gasteiger partial charge in [-0.2, -0.15) is 0 Å². The molecule has 5 aliphatic carbocycles. The van der Waals surface area contributed by atoms with Crippen LogP contribution in [0.2, 0.25) is 0 Å². The average molecular weight is 275 g/mol. The zero-order valence-electron chi connectivity index (χ0n) is 13.3. The SMILES string of the molecule is CC1CCC(CCN)(C2C3CC4CC(C3)CC2C4)CC1. The van der Waals surface area contributed by atoms with E-state index in [1.165, 1.54) is 32.1 Å². The van der Waals surface area contributed by atoms with E-state index in [0.29, 0.717) is 5.41 Å². The molecule has 5 fully saturated rings. The van der Waals surface area contributed by atoms with Crippen molar-refractivity contribution in [1.82, 2.24) is 0 Å². The number of hydrogen-bond donors (Lipinski definition) is 1. The summed E-state index contributed by atoms with van der Waals surface area (Å²) in [5.74, 6) is 6.44. The van der Waals surface area contributed by atoms with Crippen molar-refractivity contribution in [3.8, 4) is 0 Å². The minimum Gasteiger partial charge on any atom is -0.330 e. The fraction of sp³-hybridized carbons (Fsp3) is 1.00. The smallest absolute Gasteiger partial charge is 0.00719 e. The molecule has 114 valence electrons. The molecule has 5 saturated carbocycles. The van der Waals surface area contributed by atoms with E-state index in [0.717, 1.165) is 42.1 Å². The van der Waals surface area contributed by atoms with Gasteiger partial charge in [-0.15, -0.1) is 0 Å². The lowest BCUT2D eigenvalue weighted by atomic mass is 9.44. The van der Waals surface area contributed by atoms with Crippen LogP contribution >= 0.6 is 0 Å². The molecular weight excluding hydrogens is 242 g/mol. The van der Waals surface area contributed by atoms with Gasteiger partial charge in [0.2, 0.25) is 0 Å². The van der Waals surface area contributed by atoms with E-state index >= 15 is 0 Å². The molecule has 1 nitrogen and oxygen atoms in total. The second kappa shape index (κ2) is 5.00. The Morgan fingerprint density at radius 1 is 0.900 bits per heavy atom. The van der Waals surface area contributed by atoms with Gasteiger partial charge in [0.25, 0.3) is 0 Å². The Balaban J connectivity index is 1.60. The van der Waals surface area contributed by atoms with Gasteiger partial charge in [-0.25, -0.2) is 0 Å². The fourth-order valence-electron chi connectivity index (χ4n) is 7.30. The third kappa shape index (κ3) is 2.07. The second-order valence-corrected chi connectivity index (χ2v) is 9.04. The molecule has 0 aromatic heterocycles. The lowest BCUT2D eigenvalue weighted by molar-refractivity contribution is -0.114. The van der Waals surface area contributed by atoms with E-state index in [4.69, 9.17) is 5.73 Å². The molecule has 20 heavy (non-hydrogen) atoms. The normalized spacial score (nSPS) is 54.3. The van der Waals surface area contributed by atoms with Gasteiger partial charge in [-0.1, -0.05) is 19.8 Å². The van der Waals surface area contributed by atoms with Gasteiger partial charge < -0.3 is 5.73 Å². The van der Waals surface area contributed by atoms with Crippen molar-refractivity contribution in [2.75, 3.05) is 6.54 Å². The van der Waals surface area contributed by atoms with Crippen LogP contribution in [0, 0.1) is 40.9 Å². The Hall–Kier alpha value is -0.0400. The fourth-order valence-corrected chi connectivity index (χ4v) is 7.30. The van der Waals surface area contributed by atoms with E-state index in [9.17, 15) is 0 Å². The Bertz CT molecular complexity index is 325. The summed E-state index contributed by atoms with van der Waals surface area (Å²) >= 11 is 0. The topological polar surface area (TPSA) is 26.0 Å². The summed E-state index contributed by atoms with van der Waals surface area (Å²) in [5.41, 5.74) is 6.73. The molecule has 2 N–H and O–H groups in total. The van der Waals surface area contributed by atoms with Crippen LogP contribution in [0.25, 0.3) is 0 Å². The highest BCUT2D eigenvalue weighted by Crippen LogP contribution is 2.64. The van der Waals surface area contributed by atoms with Crippen LogP contribution in [0.4, 0.5) is 0 Å². The second-order valence-electron chi connectivity index (χ2n) is 9.04. The van der Waals surface area contributed by atoms with Crippen LogP contribution in [-0.2, 0) is 0 Å². The van der Waals surface area contributed by atoms with Crippen LogP contribution in [0.5, 0.6) is 0 Å². The summed E-state index contributed by atoms with van der Waals surface area (Å²) in [4.78, 5) is 0. The monoisotopic (exact) mass is 275 g/mol. The summed E-state index contributed by atoms with van der Waals surface area (Å²) in [5, 5.41) is 0. The largest absolute Gasteiger partial charge is 0.330 e.